The Labute approximate surface area is 187 Å². The number of hydrogen-bond acceptors (Lipinski definition) is 5. The molecule has 4 aromatic rings. The number of benzene rings is 3. The van der Waals surface area contributed by atoms with Crippen LogP contribution in [0.3, 0.4) is 0 Å². The van der Waals surface area contributed by atoms with Gasteiger partial charge in [0.2, 0.25) is 5.43 Å². The standard InChI is InChI=1S/C27H17FO5/c28-18-7-5-15(6-8-18)21-14-32-27-19(26(21)30)9-10-23-25(27)20(12-24(29)33-23)17-11-16-3-1-2-4-22(16)31-13-17/h1-11,14,20H,12-13H2. The van der Waals surface area contributed by atoms with Crippen LogP contribution in [0, 0.1) is 5.82 Å². The minimum Gasteiger partial charge on any atom is -0.489 e. The van der Waals surface area contributed by atoms with Gasteiger partial charge in [-0.15, -0.1) is 0 Å². The highest BCUT2D eigenvalue weighted by molar-refractivity contribution is 5.90. The lowest BCUT2D eigenvalue weighted by molar-refractivity contribution is -0.135. The molecule has 0 aliphatic carbocycles. The lowest BCUT2D eigenvalue weighted by atomic mass is 9.83. The van der Waals surface area contributed by atoms with Crippen molar-refractivity contribution in [3.63, 3.8) is 0 Å². The van der Waals surface area contributed by atoms with E-state index in [2.05, 4.69) is 0 Å². The average Bonchev–Trinajstić information content (AvgIpc) is 2.84. The Kier molecular flexibility index (Phi) is 4.40. The number of esters is 1. The Balaban J connectivity index is 1.53. The van der Waals surface area contributed by atoms with Gasteiger partial charge in [-0.2, -0.15) is 0 Å². The van der Waals surface area contributed by atoms with Crippen molar-refractivity contribution in [2.45, 2.75) is 12.3 Å². The van der Waals surface area contributed by atoms with E-state index >= 15 is 0 Å². The molecule has 6 heteroatoms. The summed E-state index contributed by atoms with van der Waals surface area (Å²) in [6.45, 7) is 0.322. The molecule has 3 aromatic carbocycles. The van der Waals surface area contributed by atoms with E-state index in [1.807, 2.05) is 30.3 Å². The van der Waals surface area contributed by atoms with E-state index in [-0.39, 0.29) is 29.6 Å². The molecule has 0 fully saturated rings. The molecule has 0 spiro atoms. The predicted molar refractivity (Wildman–Crippen MR) is 121 cm³/mol. The van der Waals surface area contributed by atoms with Gasteiger partial charge in [0.25, 0.3) is 0 Å². The number of para-hydroxylation sites is 1. The van der Waals surface area contributed by atoms with Crippen LogP contribution in [0.1, 0.15) is 23.5 Å². The Morgan fingerprint density at radius 3 is 2.58 bits per heavy atom. The molecule has 0 saturated heterocycles. The second kappa shape index (κ2) is 7.45. The zero-order valence-electron chi connectivity index (χ0n) is 17.3. The van der Waals surface area contributed by atoms with E-state index in [0.717, 1.165) is 16.9 Å². The third-order valence-corrected chi connectivity index (χ3v) is 6.14. The smallest absolute Gasteiger partial charge is 0.312 e. The van der Waals surface area contributed by atoms with E-state index in [1.54, 1.807) is 12.1 Å². The first kappa shape index (κ1) is 19.5. The number of carbonyl (C=O) groups is 1. The fourth-order valence-electron chi connectivity index (χ4n) is 4.54. The summed E-state index contributed by atoms with van der Waals surface area (Å²) < 4.78 is 30.7. The van der Waals surface area contributed by atoms with Crippen molar-refractivity contribution in [2.75, 3.05) is 6.61 Å². The molecule has 33 heavy (non-hydrogen) atoms. The van der Waals surface area contributed by atoms with Crippen LogP contribution < -0.4 is 14.9 Å². The van der Waals surface area contributed by atoms with Crippen LogP contribution >= 0.6 is 0 Å². The number of hydrogen-bond donors (Lipinski definition) is 0. The lowest BCUT2D eigenvalue weighted by Gasteiger charge is -2.29. The SMILES string of the molecule is O=C1CC(C2=Cc3ccccc3OC2)c2c(ccc3c(=O)c(-c4ccc(F)cc4)coc23)O1. The molecule has 6 rings (SSSR count). The minimum absolute atomic E-state index is 0.118. The normalized spacial score (nSPS) is 16.9. The van der Waals surface area contributed by atoms with Crippen LogP contribution in [-0.4, -0.2) is 12.6 Å². The third-order valence-electron chi connectivity index (χ3n) is 6.14. The summed E-state index contributed by atoms with van der Waals surface area (Å²) in [4.78, 5) is 25.7. The molecule has 0 radical (unpaired) electrons. The van der Waals surface area contributed by atoms with Gasteiger partial charge in [0.1, 0.15) is 35.8 Å². The summed E-state index contributed by atoms with van der Waals surface area (Å²) in [5.74, 6) is 0.0802. The van der Waals surface area contributed by atoms with Crippen molar-refractivity contribution in [2.24, 2.45) is 0 Å². The van der Waals surface area contributed by atoms with Crippen molar-refractivity contribution in [3.8, 4) is 22.6 Å². The number of halogens is 1. The van der Waals surface area contributed by atoms with E-state index in [0.29, 0.717) is 40.0 Å². The molecule has 0 N–H and O–H groups in total. The second-order valence-electron chi connectivity index (χ2n) is 8.12. The zero-order chi connectivity index (χ0) is 22.5. The molecule has 162 valence electrons. The molecule has 5 nitrogen and oxygen atoms in total. The van der Waals surface area contributed by atoms with Crippen LogP contribution in [0.4, 0.5) is 4.39 Å². The highest BCUT2D eigenvalue weighted by Crippen LogP contribution is 2.45. The maximum absolute atomic E-state index is 13.3. The highest BCUT2D eigenvalue weighted by atomic mass is 19.1. The van der Waals surface area contributed by atoms with Gasteiger partial charge in [0.05, 0.1) is 17.4 Å². The lowest BCUT2D eigenvalue weighted by Crippen LogP contribution is -2.25. The molecular weight excluding hydrogens is 423 g/mol. The van der Waals surface area contributed by atoms with Gasteiger partial charge in [0, 0.05) is 17.0 Å². The molecule has 2 aliphatic rings. The van der Waals surface area contributed by atoms with Crippen molar-refractivity contribution in [1.82, 2.24) is 0 Å². The van der Waals surface area contributed by atoms with E-state index < -0.39 is 0 Å². The molecule has 2 aliphatic heterocycles. The Hall–Kier alpha value is -4.19. The molecule has 1 atom stereocenters. The van der Waals surface area contributed by atoms with E-state index in [4.69, 9.17) is 13.9 Å². The summed E-state index contributed by atoms with van der Waals surface area (Å²) in [6, 6.07) is 16.6. The Morgan fingerprint density at radius 2 is 1.73 bits per heavy atom. The van der Waals surface area contributed by atoms with Gasteiger partial charge in [-0.25, -0.2) is 4.39 Å². The fourth-order valence-corrected chi connectivity index (χ4v) is 4.54. The Bertz CT molecular complexity index is 1510. The molecular formula is C27H17FO5. The van der Waals surface area contributed by atoms with Gasteiger partial charge < -0.3 is 13.9 Å². The molecule has 0 bridgehead atoms. The first-order chi connectivity index (χ1) is 16.1. The number of rotatable bonds is 2. The second-order valence-corrected chi connectivity index (χ2v) is 8.12. The number of carbonyl (C=O) groups excluding carboxylic acids is 1. The van der Waals surface area contributed by atoms with Crippen LogP contribution in [0.25, 0.3) is 28.2 Å². The van der Waals surface area contributed by atoms with Gasteiger partial charge in [-0.1, -0.05) is 30.3 Å². The fraction of sp³-hybridized carbons (Fsp3) is 0.111. The van der Waals surface area contributed by atoms with Gasteiger partial charge in [-0.3, -0.25) is 9.59 Å². The van der Waals surface area contributed by atoms with E-state index in [1.165, 1.54) is 30.5 Å². The summed E-state index contributed by atoms with van der Waals surface area (Å²) in [5, 5.41) is 0.372. The van der Waals surface area contributed by atoms with Crippen molar-refractivity contribution in [3.05, 3.63) is 99.7 Å². The molecule has 1 unspecified atom stereocenters. The summed E-state index contributed by atoms with van der Waals surface area (Å²) in [6.07, 6.45) is 3.52. The quantitative estimate of drug-likeness (QED) is 0.306. The van der Waals surface area contributed by atoms with Crippen LogP contribution in [0.2, 0.25) is 0 Å². The maximum atomic E-state index is 13.3. The molecule has 0 saturated carbocycles. The van der Waals surface area contributed by atoms with Gasteiger partial charge in [0.15, 0.2) is 0 Å². The van der Waals surface area contributed by atoms with Gasteiger partial charge in [-0.05, 0) is 47.5 Å². The van der Waals surface area contributed by atoms with Crippen molar-refractivity contribution < 1.29 is 23.1 Å². The minimum atomic E-state index is -0.382. The first-order valence-electron chi connectivity index (χ1n) is 10.6. The molecule has 3 heterocycles. The maximum Gasteiger partial charge on any atom is 0.312 e. The topological polar surface area (TPSA) is 65.7 Å². The Morgan fingerprint density at radius 1 is 0.909 bits per heavy atom. The van der Waals surface area contributed by atoms with Crippen LogP contribution in [0.5, 0.6) is 11.5 Å². The highest BCUT2D eigenvalue weighted by Gasteiger charge is 2.34. The van der Waals surface area contributed by atoms with Crippen LogP contribution in [0.15, 0.2) is 81.7 Å². The van der Waals surface area contributed by atoms with Crippen LogP contribution in [-0.2, 0) is 4.79 Å². The van der Waals surface area contributed by atoms with Crippen molar-refractivity contribution in [1.29, 1.82) is 0 Å². The predicted octanol–water partition coefficient (Wildman–Crippen LogP) is 5.47. The summed E-state index contributed by atoms with van der Waals surface area (Å²) >= 11 is 0. The van der Waals surface area contributed by atoms with E-state index in [9.17, 15) is 14.0 Å². The molecule has 1 aromatic heterocycles. The monoisotopic (exact) mass is 440 g/mol. The summed E-state index contributed by atoms with van der Waals surface area (Å²) in [5.41, 5.74) is 3.53. The summed E-state index contributed by atoms with van der Waals surface area (Å²) in [7, 11) is 0. The van der Waals surface area contributed by atoms with Gasteiger partial charge >= 0.3 is 5.97 Å². The third kappa shape index (κ3) is 3.22. The number of ether oxygens (including phenoxy) is 2. The van der Waals surface area contributed by atoms with Crippen molar-refractivity contribution >= 4 is 23.0 Å². The zero-order valence-corrected chi connectivity index (χ0v) is 17.3. The largest absolute Gasteiger partial charge is 0.489 e. The average molecular weight is 440 g/mol. The number of fused-ring (bicyclic) bond motifs is 4. The molecule has 0 amide bonds. The first-order valence-corrected chi connectivity index (χ1v) is 10.6.